The average Bonchev–Trinajstić information content (AvgIpc) is 2.08. The summed E-state index contributed by atoms with van der Waals surface area (Å²) in [6, 6.07) is 0. The third-order valence-electron chi connectivity index (χ3n) is 0. The fraction of sp³-hybridized carbons (Fsp3) is 0. The van der Waals surface area contributed by atoms with Crippen molar-refractivity contribution in [2.24, 2.45) is 0 Å². The Balaban J connectivity index is -0.0000000245. The molecule has 0 saturated carbocycles. The molecule has 146 valence electrons. The summed E-state index contributed by atoms with van der Waals surface area (Å²) in [6.45, 7) is 0. The number of hydrogen-bond acceptors (Lipinski definition) is 6. The van der Waals surface area contributed by atoms with Crippen LogP contribution in [0.1, 0.15) is 1.43 Å². The van der Waals surface area contributed by atoms with Crippen molar-refractivity contribution in [1.29, 1.82) is 0 Å². The van der Waals surface area contributed by atoms with Gasteiger partial charge in [-0.15, -0.1) is 0 Å². The molecule has 25 heavy (non-hydrogen) atoms. The normalized spacial score (nSPS) is 5.76. The zero-order chi connectivity index (χ0) is 21.5. The molecule has 0 radical (unpaired) electrons. The monoisotopic (exact) mass is 396 g/mol. The van der Waals surface area contributed by atoms with Crippen molar-refractivity contribution in [3.8, 4) is 0 Å². The number of hydrogen-bond donors (Lipinski definition) is 12. The predicted octanol–water partition coefficient (Wildman–Crippen LogP) is -1.55. The molecular weight excluding hydrogens is 383 g/mol. The van der Waals surface area contributed by atoms with Gasteiger partial charge in [0.2, 0.25) is 0 Å². The summed E-state index contributed by atoms with van der Waals surface area (Å²) < 4.78 is 0. The van der Waals surface area contributed by atoms with Gasteiger partial charge >= 0.3 is 66.5 Å². The van der Waals surface area contributed by atoms with Crippen molar-refractivity contribution in [3.05, 3.63) is 0 Å². The average molecular weight is 396 g/mol. The van der Waals surface area contributed by atoms with Crippen LogP contribution in [0, 0.1) is 0 Å². The van der Waals surface area contributed by atoms with Crippen molar-refractivity contribution in [2.75, 3.05) is 0 Å². The number of carbonyl (C=O) groups is 6. The Hall–Kier alpha value is -3.38. The van der Waals surface area contributed by atoms with Crippen molar-refractivity contribution < 1.29 is 121 Å². The Morgan fingerprint density at radius 1 is 0.320 bits per heavy atom. The van der Waals surface area contributed by atoms with E-state index in [1.54, 1.807) is 0 Å². The van der Waals surface area contributed by atoms with Gasteiger partial charge in [-0.1, -0.05) is 0 Å². The quantitative estimate of drug-likeness (QED) is 0.206. The van der Waals surface area contributed by atoms with E-state index in [-0.39, 0.29) is 31.0 Å². The number of carboxylic acid groups (broad SMARTS) is 12. The van der Waals surface area contributed by atoms with Gasteiger partial charge in [-0.25, -0.2) is 28.8 Å². The minimum absolute atomic E-state index is 0. The van der Waals surface area contributed by atoms with E-state index in [0.717, 1.165) is 0 Å². The van der Waals surface area contributed by atoms with E-state index in [1.165, 1.54) is 0 Å². The second kappa shape index (κ2) is 37.1. The van der Waals surface area contributed by atoms with Crippen LogP contribution in [0.4, 0.5) is 28.8 Å². The molecule has 0 rings (SSSR count). The molecule has 0 fully saturated rings. The molecule has 18 nitrogen and oxygen atoms in total. The van der Waals surface area contributed by atoms with Crippen LogP contribution in [-0.4, -0.2) is 98.2 Å². The topological polar surface area (TPSA) is 345 Å². The maximum Gasteiger partial charge on any atom is 1.00 e. The summed E-state index contributed by atoms with van der Waals surface area (Å²) in [5.74, 6) is 0. The predicted molar refractivity (Wildman–Crippen MR) is 65.0 cm³/mol. The summed E-state index contributed by atoms with van der Waals surface area (Å²) in [6.07, 6.45) is -11.0. The Labute approximate surface area is 158 Å². The van der Waals surface area contributed by atoms with Gasteiger partial charge in [-0.3, -0.25) is 0 Å². The summed E-state index contributed by atoms with van der Waals surface area (Å²) in [4.78, 5) is 51.3. The van der Waals surface area contributed by atoms with Crippen LogP contribution in [0.25, 0.3) is 0 Å². The second-order valence-electron chi connectivity index (χ2n) is 1.70. The van der Waals surface area contributed by atoms with Crippen molar-refractivity contribution in [3.63, 3.8) is 0 Å². The molecule has 0 aromatic rings. The van der Waals surface area contributed by atoms with Gasteiger partial charge in [0.15, 0.2) is 0 Å². The maximum absolute atomic E-state index is 8.56. The SMILES string of the molecule is O=C(O)O.O=C(O)O.O=C(O)O.O=C(O)O.O=C(O)O.O=C(O)O.[H-].[Na+]. The van der Waals surface area contributed by atoms with E-state index in [1.807, 2.05) is 0 Å². The molecule has 12 N–H and O–H groups in total. The summed E-state index contributed by atoms with van der Waals surface area (Å²) in [5.41, 5.74) is 0. The molecule has 0 amide bonds. The zero-order valence-corrected chi connectivity index (χ0v) is 13.8. The van der Waals surface area contributed by atoms with Crippen LogP contribution in [0.15, 0.2) is 0 Å². The van der Waals surface area contributed by atoms with Gasteiger partial charge in [0.1, 0.15) is 0 Å². The van der Waals surface area contributed by atoms with Crippen LogP contribution in [0.2, 0.25) is 0 Å². The molecule has 0 aliphatic heterocycles. The molecule has 0 atom stereocenters. The minimum atomic E-state index is -1.83. The Morgan fingerprint density at radius 3 is 0.320 bits per heavy atom. The van der Waals surface area contributed by atoms with Gasteiger partial charge < -0.3 is 62.7 Å². The van der Waals surface area contributed by atoms with Gasteiger partial charge in [0.25, 0.3) is 0 Å². The Bertz CT molecular complexity index is 263. The molecular formula is C6H13NaO18. The van der Waals surface area contributed by atoms with E-state index in [9.17, 15) is 0 Å². The number of rotatable bonds is 0. The van der Waals surface area contributed by atoms with E-state index in [0.29, 0.717) is 0 Å². The third kappa shape index (κ3) is 626. The molecule has 0 spiro atoms. The fourth-order valence-electron chi connectivity index (χ4n) is 0. The smallest absolute Gasteiger partial charge is 1.00 e. The molecule has 0 aromatic carbocycles. The van der Waals surface area contributed by atoms with E-state index in [4.69, 9.17) is 90.0 Å². The van der Waals surface area contributed by atoms with Crippen LogP contribution in [0.5, 0.6) is 0 Å². The Kier molecular flexibility index (Phi) is 63.9. The van der Waals surface area contributed by atoms with Crippen molar-refractivity contribution >= 4 is 36.9 Å². The van der Waals surface area contributed by atoms with E-state index < -0.39 is 36.9 Å². The molecule has 19 heteroatoms. The van der Waals surface area contributed by atoms with E-state index in [2.05, 4.69) is 0 Å². The largest absolute Gasteiger partial charge is 1.00 e. The van der Waals surface area contributed by atoms with Crippen LogP contribution in [0.3, 0.4) is 0 Å². The van der Waals surface area contributed by atoms with Crippen molar-refractivity contribution in [2.45, 2.75) is 0 Å². The first-order valence-electron chi connectivity index (χ1n) is 3.91. The molecule has 0 unspecified atom stereocenters. The summed E-state index contributed by atoms with van der Waals surface area (Å²) in [7, 11) is 0. The Morgan fingerprint density at radius 2 is 0.320 bits per heavy atom. The maximum atomic E-state index is 8.56. The minimum Gasteiger partial charge on any atom is -1.00 e. The molecule has 0 aromatic heterocycles. The summed E-state index contributed by atoms with van der Waals surface area (Å²) in [5, 5.41) is 83.7. The van der Waals surface area contributed by atoms with Gasteiger partial charge in [-0.2, -0.15) is 0 Å². The first-order chi connectivity index (χ1) is 10.4. The standard InChI is InChI=1S/6CH2O3.Na.H/c6*2-1(3)4;;/h6*(H2,2,3,4);;/q;;;;;;+1;-1. The molecule has 0 aliphatic rings. The first kappa shape index (κ1) is 43.0. The third-order valence-corrected chi connectivity index (χ3v) is 0. The van der Waals surface area contributed by atoms with Crippen LogP contribution < -0.4 is 29.6 Å². The van der Waals surface area contributed by atoms with Gasteiger partial charge in [0, 0.05) is 0 Å². The van der Waals surface area contributed by atoms with Crippen LogP contribution in [-0.2, 0) is 0 Å². The summed E-state index contributed by atoms with van der Waals surface area (Å²) >= 11 is 0. The molecule has 0 bridgehead atoms. The van der Waals surface area contributed by atoms with Gasteiger partial charge in [-0.05, 0) is 0 Å². The second-order valence-corrected chi connectivity index (χ2v) is 1.70. The van der Waals surface area contributed by atoms with Crippen LogP contribution >= 0.6 is 0 Å². The fourth-order valence-corrected chi connectivity index (χ4v) is 0. The van der Waals surface area contributed by atoms with Gasteiger partial charge in [0.05, 0.1) is 0 Å². The molecule has 0 aliphatic carbocycles. The molecule has 0 heterocycles. The van der Waals surface area contributed by atoms with E-state index >= 15 is 0 Å². The zero-order valence-electron chi connectivity index (χ0n) is 12.8. The van der Waals surface area contributed by atoms with Crippen molar-refractivity contribution in [1.82, 2.24) is 0 Å². The first-order valence-corrected chi connectivity index (χ1v) is 3.91. The molecule has 0 saturated heterocycles.